The average molecular weight is 266 g/mol. The van der Waals surface area contributed by atoms with Crippen molar-refractivity contribution >= 4 is 5.78 Å². The smallest absolute Gasteiger partial charge is 0.165 e. The molecule has 0 spiro atoms. The van der Waals surface area contributed by atoms with Crippen LogP contribution in [0.5, 0.6) is 5.75 Å². The highest BCUT2D eigenvalue weighted by atomic mass is 16.5. The van der Waals surface area contributed by atoms with Crippen molar-refractivity contribution in [3.63, 3.8) is 0 Å². The summed E-state index contributed by atoms with van der Waals surface area (Å²) in [5.74, 6) is 0.785. The molecule has 106 valence electrons. The van der Waals surface area contributed by atoms with Crippen LogP contribution in [0.15, 0.2) is 24.3 Å². The van der Waals surface area contributed by atoms with E-state index >= 15 is 0 Å². The lowest BCUT2D eigenvalue weighted by atomic mass is 10.1. The second-order valence-corrected chi connectivity index (χ2v) is 4.47. The topological polar surface area (TPSA) is 44.8 Å². The van der Waals surface area contributed by atoms with E-state index in [4.69, 9.17) is 14.2 Å². The van der Waals surface area contributed by atoms with Gasteiger partial charge in [-0.25, -0.2) is 0 Å². The van der Waals surface area contributed by atoms with Gasteiger partial charge in [0.25, 0.3) is 0 Å². The van der Waals surface area contributed by atoms with Gasteiger partial charge in [-0.15, -0.1) is 0 Å². The summed E-state index contributed by atoms with van der Waals surface area (Å²) < 4.78 is 15.7. The normalized spacial score (nSPS) is 10.7. The van der Waals surface area contributed by atoms with Crippen LogP contribution >= 0.6 is 0 Å². The van der Waals surface area contributed by atoms with E-state index < -0.39 is 0 Å². The lowest BCUT2D eigenvalue weighted by molar-refractivity contribution is 0.0641. The van der Waals surface area contributed by atoms with Crippen LogP contribution in [-0.4, -0.2) is 38.8 Å². The summed E-state index contributed by atoms with van der Waals surface area (Å²) in [6.07, 6.45) is 0.470. The van der Waals surface area contributed by atoms with Crippen LogP contribution in [-0.2, 0) is 9.47 Å². The zero-order valence-electron chi connectivity index (χ0n) is 11.8. The molecule has 1 rings (SSSR count). The minimum atomic E-state index is 0.0617. The number of benzene rings is 1. The van der Waals surface area contributed by atoms with Crippen molar-refractivity contribution in [2.45, 2.75) is 26.4 Å². The molecule has 1 aromatic rings. The van der Waals surface area contributed by atoms with Crippen LogP contribution in [0.1, 0.15) is 30.6 Å². The number of carbonyl (C=O) groups is 1. The van der Waals surface area contributed by atoms with Crippen LogP contribution in [0.25, 0.3) is 0 Å². The summed E-state index contributed by atoms with van der Waals surface area (Å²) in [5.41, 5.74) is 0.661. The highest BCUT2D eigenvalue weighted by Crippen LogP contribution is 2.16. The van der Waals surface area contributed by atoms with Gasteiger partial charge in [-0.1, -0.05) is 12.1 Å². The zero-order chi connectivity index (χ0) is 14.1. The Morgan fingerprint density at radius 1 is 1.21 bits per heavy atom. The fourth-order valence-electron chi connectivity index (χ4n) is 1.57. The Morgan fingerprint density at radius 2 is 2.00 bits per heavy atom. The minimum Gasteiger partial charge on any atom is -0.491 e. The molecule has 0 atom stereocenters. The van der Waals surface area contributed by atoms with Crippen LogP contribution < -0.4 is 4.74 Å². The molecule has 0 bridgehead atoms. The van der Waals surface area contributed by atoms with Crippen molar-refractivity contribution in [1.29, 1.82) is 0 Å². The fraction of sp³-hybridized carbons (Fsp3) is 0.533. The summed E-state index contributed by atoms with van der Waals surface area (Å²) in [7, 11) is 1.62. The molecule has 0 aliphatic rings. The first kappa shape index (κ1) is 15.7. The summed E-state index contributed by atoms with van der Waals surface area (Å²) in [6, 6.07) is 7.25. The van der Waals surface area contributed by atoms with E-state index in [1.165, 1.54) is 0 Å². The molecule has 0 saturated heterocycles. The molecule has 4 heteroatoms. The van der Waals surface area contributed by atoms with Gasteiger partial charge in [-0.2, -0.15) is 0 Å². The largest absolute Gasteiger partial charge is 0.491 e. The zero-order valence-corrected chi connectivity index (χ0v) is 11.8. The lowest BCUT2D eigenvalue weighted by Gasteiger charge is -2.10. The Bertz CT molecular complexity index is 387. The molecule has 19 heavy (non-hydrogen) atoms. The number of ketones is 1. The van der Waals surface area contributed by atoms with Gasteiger partial charge >= 0.3 is 0 Å². The molecule has 1 aromatic carbocycles. The van der Waals surface area contributed by atoms with E-state index in [2.05, 4.69) is 0 Å². The second-order valence-electron chi connectivity index (χ2n) is 4.47. The van der Waals surface area contributed by atoms with Crippen LogP contribution in [0, 0.1) is 0 Å². The van der Waals surface area contributed by atoms with Crippen LogP contribution in [0.3, 0.4) is 0 Å². The van der Waals surface area contributed by atoms with Gasteiger partial charge in [-0.05, 0) is 26.0 Å². The Balaban J connectivity index is 2.43. The minimum absolute atomic E-state index is 0.0617. The molecule has 0 heterocycles. The van der Waals surface area contributed by atoms with Gasteiger partial charge in [0.05, 0.1) is 25.9 Å². The summed E-state index contributed by atoms with van der Waals surface area (Å²) in [4.78, 5) is 11.9. The van der Waals surface area contributed by atoms with E-state index in [9.17, 15) is 4.79 Å². The van der Waals surface area contributed by atoms with Crippen LogP contribution in [0.2, 0.25) is 0 Å². The maximum Gasteiger partial charge on any atom is 0.165 e. The van der Waals surface area contributed by atoms with Crippen molar-refractivity contribution in [2.24, 2.45) is 0 Å². The SMILES string of the molecule is COCCOCCC(=O)c1cccc(OC(C)C)c1. The van der Waals surface area contributed by atoms with E-state index in [1.54, 1.807) is 19.2 Å². The quantitative estimate of drug-likeness (QED) is 0.509. The average Bonchev–Trinajstić information content (AvgIpc) is 2.38. The number of rotatable bonds is 9. The fourth-order valence-corrected chi connectivity index (χ4v) is 1.57. The van der Waals surface area contributed by atoms with E-state index in [0.29, 0.717) is 31.8 Å². The molecule has 0 unspecified atom stereocenters. The molecule has 0 N–H and O–H groups in total. The van der Waals surface area contributed by atoms with Crippen molar-refractivity contribution in [3.8, 4) is 5.75 Å². The maximum absolute atomic E-state index is 11.9. The molecule has 0 radical (unpaired) electrons. The Kier molecular flexibility index (Phi) is 7.15. The molecule has 0 aliphatic carbocycles. The van der Waals surface area contributed by atoms with E-state index in [-0.39, 0.29) is 11.9 Å². The highest BCUT2D eigenvalue weighted by Gasteiger charge is 2.07. The van der Waals surface area contributed by atoms with Crippen molar-refractivity contribution in [2.75, 3.05) is 26.9 Å². The number of hydrogen-bond acceptors (Lipinski definition) is 4. The van der Waals surface area contributed by atoms with Crippen molar-refractivity contribution in [3.05, 3.63) is 29.8 Å². The lowest BCUT2D eigenvalue weighted by Crippen LogP contribution is -2.09. The Labute approximate surface area is 114 Å². The van der Waals surface area contributed by atoms with Crippen LogP contribution in [0.4, 0.5) is 0 Å². The summed E-state index contributed by atoms with van der Waals surface area (Å²) >= 11 is 0. The predicted molar refractivity (Wildman–Crippen MR) is 73.8 cm³/mol. The van der Waals surface area contributed by atoms with E-state index in [1.807, 2.05) is 26.0 Å². The predicted octanol–water partition coefficient (Wildman–Crippen LogP) is 2.71. The molecule has 0 aliphatic heterocycles. The molecular formula is C15H22O4. The number of Topliss-reactive ketones (excluding diaryl/α,β-unsaturated/α-hetero) is 1. The van der Waals surface area contributed by atoms with Gasteiger partial charge in [0.1, 0.15) is 5.75 Å². The third kappa shape index (κ3) is 6.36. The monoisotopic (exact) mass is 266 g/mol. The van der Waals surface area contributed by atoms with Crippen molar-refractivity contribution < 1.29 is 19.0 Å². The molecule has 0 saturated carbocycles. The number of carbonyl (C=O) groups excluding carboxylic acids is 1. The molecular weight excluding hydrogens is 244 g/mol. The first-order valence-corrected chi connectivity index (χ1v) is 6.50. The standard InChI is InChI=1S/C15H22O4/c1-12(2)19-14-6-4-5-13(11-14)15(16)7-8-18-10-9-17-3/h4-6,11-12H,7-10H2,1-3H3. The number of hydrogen-bond donors (Lipinski definition) is 0. The molecule has 4 nitrogen and oxygen atoms in total. The maximum atomic E-state index is 11.9. The van der Waals surface area contributed by atoms with Gasteiger partial charge < -0.3 is 14.2 Å². The third-order valence-corrected chi connectivity index (χ3v) is 2.43. The van der Waals surface area contributed by atoms with E-state index in [0.717, 1.165) is 5.75 Å². The first-order chi connectivity index (χ1) is 9.13. The highest BCUT2D eigenvalue weighted by molar-refractivity contribution is 5.96. The summed E-state index contributed by atoms with van der Waals surface area (Å²) in [6.45, 7) is 5.39. The van der Waals surface area contributed by atoms with Gasteiger partial charge in [0, 0.05) is 19.1 Å². The van der Waals surface area contributed by atoms with Gasteiger partial charge in [0.2, 0.25) is 0 Å². The Morgan fingerprint density at radius 3 is 2.68 bits per heavy atom. The number of methoxy groups -OCH3 is 1. The number of ether oxygens (including phenoxy) is 3. The van der Waals surface area contributed by atoms with Crippen molar-refractivity contribution in [1.82, 2.24) is 0 Å². The van der Waals surface area contributed by atoms with Gasteiger partial charge in [0.15, 0.2) is 5.78 Å². The second kappa shape index (κ2) is 8.67. The Hall–Kier alpha value is -1.39. The molecule has 0 aromatic heterocycles. The summed E-state index contributed by atoms with van der Waals surface area (Å²) in [5, 5.41) is 0. The van der Waals surface area contributed by atoms with Gasteiger partial charge in [-0.3, -0.25) is 4.79 Å². The third-order valence-electron chi connectivity index (χ3n) is 2.43. The molecule has 0 fully saturated rings. The molecule has 0 amide bonds. The first-order valence-electron chi connectivity index (χ1n) is 6.50.